The third kappa shape index (κ3) is 2.63. The zero-order chi connectivity index (χ0) is 19.1. The Morgan fingerprint density at radius 1 is 0.750 bits per heavy atom. The first-order valence-corrected chi connectivity index (χ1v) is 10.2. The lowest BCUT2D eigenvalue weighted by Gasteiger charge is -2.07. The molecule has 0 radical (unpaired) electrons. The molecule has 0 amide bonds. The fourth-order valence-corrected chi connectivity index (χ4v) is 4.42. The van der Waals surface area contributed by atoms with Crippen molar-refractivity contribution in [3.8, 4) is 5.75 Å². The molecule has 0 saturated heterocycles. The van der Waals surface area contributed by atoms with E-state index < -0.39 is 0 Å². The second kappa shape index (κ2) is 6.87. The Kier molecular flexibility index (Phi) is 4.20. The van der Waals surface area contributed by atoms with Crippen molar-refractivity contribution in [1.29, 1.82) is 0 Å². The normalized spacial score (nSPS) is 11.8. The van der Waals surface area contributed by atoms with Gasteiger partial charge in [0.25, 0.3) is 0 Å². The van der Waals surface area contributed by atoms with E-state index in [1.807, 2.05) is 0 Å². The maximum atomic E-state index is 6.00. The SMILES string of the molecule is CCCCCOc1ccc2c3ccc4c5ccccc5ccc4c3n(C)c2c1. The van der Waals surface area contributed by atoms with Crippen LogP contribution in [0.4, 0.5) is 0 Å². The first-order chi connectivity index (χ1) is 13.8. The molecular weight excluding hydrogens is 342 g/mol. The highest BCUT2D eigenvalue weighted by atomic mass is 16.5. The summed E-state index contributed by atoms with van der Waals surface area (Å²) in [6.07, 6.45) is 3.55. The zero-order valence-corrected chi connectivity index (χ0v) is 16.5. The first kappa shape index (κ1) is 17.1. The Bertz CT molecular complexity index is 1310. The highest BCUT2D eigenvalue weighted by Crippen LogP contribution is 2.37. The summed E-state index contributed by atoms with van der Waals surface area (Å²) in [7, 11) is 2.17. The number of benzene rings is 4. The van der Waals surface area contributed by atoms with Crippen molar-refractivity contribution < 1.29 is 4.74 Å². The fourth-order valence-electron chi connectivity index (χ4n) is 4.42. The Morgan fingerprint density at radius 2 is 1.50 bits per heavy atom. The molecule has 0 fully saturated rings. The van der Waals surface area contributed by atoms with Crippen LogP contribution in [0.15, 0.2) is 66.7 Å². The third-order valence-corrected chi connectivity index (χ3v) is 5.87. The number of nitrogens with zero attached hydrogens (tertiary/aromatic N) is 1. The molecule has 1 aromatic heterocycles. The lowest BCUT2D eigenvalue weighted by atomic mass is 9.99. The maximum absolute atomic E-state index is 6.00. The van der Waals surface area contributed by atoms with Crippen molar-refractivity contribution in [3.05, 3.63) is 66.7 Å². The lowest BCUT2D eigenvalue weighted by Crippen LogP contribution is -1.97. The number of unbranched alkanes of at least 4 members (excludes halogenated alkanes) is 2. The summed E-state index contributed by atoms with van der Waals surface area (Å²) in [5, 5.41) is 7.81. The van der Waals surface area contributed by atoms with Gasteiger partial charge in [0.05, 0.1) is 17.6 Å². The van der Waals surface area contributed by atoms with Gasteiger partial charge in [0.15, 0.2) is 0 Å². The fraction of sp³-hybridized carbons (Fsp3) is 0.231. The van der Waals surface area contributed by atoms with Gasteiger partial charge in [-0.3, -0.25) is 0 Å². The van der Waals surface area contributed by atoms with Gasteiger partial charge < -0.3 is 9.30 Å². The minimum absolute atomic E-state index is 0.790. The van der Waals surface area contributed by atoms with Crippen LogP contribution < -0.4 is 4.74 Å². The average molecular weight is 367 g/mol. The third-order valence-electron chi connectivity index (χ3n) is 5.87. The number of ether oxygens (including phenoxy) is 1. The van der Waals surface area contributed by atoms with E-state index in [1.165, 1.54) is 56.2 Å². The molecule has 0 spiro atoms. The minimum Gasteiger partial charge on any atom is -0.494 e. The predicted molar refractivity (Wildman–Crippen MR) is 120 cm³/mol. The van der Waals surface area contributed by atoms with Gasteiger partial charge in [-0.05, 0) is 34.7 Å². The minimum atomic E-state index is 0.790. The molecule has 0 N–H and O–H groups in total. The van der Waals surface area contributed by atoms with Crippen LogP contribution in [0.25, 0.3) is 43.4 Å². The summed E-state index contributed by atoms with van der Waals surface area (Å²) in [6.45, 7) is 3.01. The molecule has 2 nitrogen and oxygen atoms in total. The van der Waals surface area contributed by atoms with Crippen molar-refractivity contribution in [3.63, 3.8) is 0 Å². The van der Waals surface area contributed by atoms with E-state index in [2.05, 4.69) is 85.3 Å². The van der Waals surface area contributed by atoms with Crippen LogP contribution in [-0.2, 0) is 7.05 Å². The highest BCUT2D eigenvalue weighted by molar-refractivity contribution is 6.22. The van der Waals surface area contributed by atoms with E-state index in [9.17, 15) is 0 Å². The number of fused-ring (bicyclic) bond motifs is 7. The molecule has 5 aromatic rings. The van der Waals surface area contributed by atoms with E-state index in [4.69, 9.17) is 4.74 Å². The quantitative estimate of drug-likeness (QED) is 0.236. The van der Waals surface area contributed by atoms with Gasteiger partial charge in [-0.2, -0.15) is 0 Å². The largest absolute Gasteiger partial charge is 0.494 e. The first-order valence-electron chi connectivity index (χ1n) is 10.2. The molecule has 0 aliphatic carbocycles. The number of hydrogen-bond donors (Lipinski definition) is 0. The zero-order valence-electron chi connectivity index (χ0n) is 16.5. The van der Waals surface area contributed by atoms with Crippen LogP contribution in [0.3, 0.4) is 0 Å². The average Bonchev–Trinajstić information content (AvgIpc) is 3.03. The van der Waals surface area contributed by atoms with Gasteiger partial charge in [-0.15, -0.1) is 0 Å². The van der Waals surface area contributed by atoms with Crippen molar-refractivity contribution in [1.82, 2.24) is 4.57 Å². The molecule has 5 rings (SSSR count). The van der Waals surface area contributed by atoms with Gasteiger partial charge in [0.2, 0.25) is 0 Å². The van der Waals surface area contributed by atoms with Crippen LogP contribution in [0, 0.1) is 0 Å². The number of rotatable bonds is 5. The molecule has 140 valence electrons. The highest BCUT2D eigenvalue weighted by Gasteiger charge is 2.13. The maximum Gasteiger partial charge on any atom is 0.121 e. The van der Waals surface area contributed by atoms with Crippen molar-refractivity contribution in [2.45, 2.75) is 26.2 Å². The molecule has 2 heteroatoms. The molecule has 0 saturated carbocycles. The van der Waals surface area contributed by atoms with E-state index in [0.29, 0.717) is 0 Å². The Morgan fingerprint density at radius 3 is 2.39 bits per heavy atom. The van der Waals surface area contributed by atoms with Gasteiger partial charge in [-0.1, -0.05) is 68.3 Å². The number of aryl methyl sites for hydroxylation is 1. The summed E-state index contributed by atoms with van der Waals surface area (Å²) < 4.78 is 8.32. The van der Waals surface area contributed by atoms with Gasteiger partial charge in [-0.25, -0.2) is 0 Å². The molecule has 0 aliphatic rings. The summed E-state index contributed by atoms with van der Waals surface area (Å²) in [4.78, 5) is 0. The van der Waals surface area contributed by atoms with Crippen LogP contribution in [-0.4, -0.2) is 11.2 Å². The van der Waals surface area contributed by atoms with Crippen LogP contribution in [0.2, 0.25) is 0 Å². The van der Waals surface area contributed by atoms with Gasteiger partial charge in [0, 0.05) is 29.3 Å². The van der Waals surface area contributed by atoms with Crippen LogP contribution >= 0.6 is 0 Å². The lowest BCUT2D eigenvalue weighted by molar-refractivity contribution is 0.306. The van der Waals surface area contributed by atoms with Crippen molar-refractivity contribution in [2.75, 3.05) is 6.61 Å². The second-order valence-corrected chi connectivity index (χ2v) is 7.64. The van der Waals surface area contributed by atoms with Gasteiger partial charge >= 0.3 is 0 Å². The summed E-state index contributed by atoms with van der Waals surface area (Å²) >= 11 is 0. The van der Waals surface area contributed by atoms with E-state index in [0.717, 1.165) is 18.8 Å². The Balaban J connectivity index is 1.70. The summed E-state index contributed by atoms with van der Waals surface area (Å²) in [5.74, 6) is 0.962. The number of hydrogen-bond acceptors (Lipinski definition) is 1. The molecule has 0 bridgehead atoms. The molecule has 4 aromatic carbocycles. The standard InChI is InChI=1S/C26H25NO/c1-3-4-7-16-28-19-11-13-22-24-15-14-21-20-9-6-5-8-18(20)10-12-23(21)26(24)27(2)25(22)17-19/h5-6,8-15,17H,3-4,7,16H2,1-2H3. The second-order valence-electron chi connectivity index (χ2n) is 7.64. The summed E-state index contributed by atoms with van der Waals surface area (Å²) in [5.41, 5.74) is 2.52. The molecule has 0 aliphatic heterocycles. The van der Waals surface area contributed by atoms with E-state index in [-0.39, 0.29) is 0 Å². The van der Waals surface area contributed by atoms with E-state index in [1.54, 1.807) is 0 Å². The van der Waals surface area contributed by atoms with Gasteiger partial charge in [0.1, 0.15) is 5.75 Å². The van der Waals surface area contributed by atoms with Crippen LogP contribution in [0.1, 0.15) is 26.2 Å². The van der Waals surface area contributed by atoms with Crippen LogP contribution in [0.5, 0.6) is 5.75 Å². The molecule has 1 heterocycles. The number of aromatic nitrogens is 1. The molecule has 0 unspecified atom stereocenters. The Labute approximate surface area is 165 Å². The van der Waals surface area contributed by atoms with E-state index >= 15 is 0 Å². The predicted octanol–water partition coefficient (Wildman–Crippen LogP) is 7.21. The summed E-state index contributed by atoms with van der Waals surface area (Å²) in [6, 6.07) is 24.2. The van der Waals surface area contributed by atoms with Crippen molar-refractivity contribution >= 4 is 43.4 Å². The monoisotopic (exact) mass is 367 g/mol. The topological polar surface area (TPSA) is 14.2 Å². The smallest absolute Gasteiger partial charge is 0.121 e. The Hall–Kier alpha value is -3.00. The molecule has 0 atom stereocenters. The molecule has 28 heavy (non-hydrogen) atoms. The molecular formula is C26H25NO. The van der Waals surface area contributed by atoms with Crippen molar-refractivity contribution in [2.24, 2.45) is 7.05 Å².